The molecule has 4 heteroatoms. The van der Waals surface area contributed by atoms with E-state index in [4.69, 9.17) is 9.47 Å². The minimum atomic E-state index is -0.383. The molecule has 1 aromatic rings. The lowest BCUT2D eigenvalue weighted by atomic mass is 9.54. The molecule has 0 amide bonds. The van der Waals surface area contributed by atoms with E-state index in [0.29, 0.717) is 29.5 Å². The molecule has 2 saturated carbocycles. The molecule has 1 spiro atoms. The zero-order valence-electron chi connectivity index (χ0n) is 15.3. The smallest absolute Gasteiger partial charge is 0.175 e. The second-order valence-electron chi connectivity index (χ2n) is 8.72. The van der Waals surface area contributed by atoms with Crippen LogP contribution in [0.25, 0.3) is 0 Å². The van der Waals surface area contributed by atoms with Crippen molar-refractivity contribution in [1.82, 2.24) is 5.32 Å². The average Bonchev–Trinajstić information content (AvgIpc) is 3.18. The monoisotopic (exact) mass is 343 g/mol. The SMILES string of the molecule is CN[C@H]1CC2(OCCO2)[C@@]2(C)CC[C@@H]3c4ccc(O)cc4CC[C@H]3[C@H]12. The Morgan fingerprint density at radius 1 is 1.20 bits per heavy atom. The van der Waals surface area contributed by atoms with Gasteiger partial charge in [0.1, 0.15) is 5.75 Å². The molecule has 0 bridgehead atoms. The molecule has 136 valence electrons. The van der Waals surface area contributed by atoms with Crippen molar-refractivity contribution in [3.05, 3.63) is 29.3 Å². The fraction of sp³-hybridized carbons (Fsp3) is 0.714. The predicted molar refractivity (Wildman–Crippen MR) is 95.6 cm³/mol. The van der Waals surface area contributed by atoms with E-state index >= 15 is 0 Å². The van der Waals surface area contributed by atoms with Gasteiger partial charge in [-0.3, -0.25) is 0 Å². The Balaban J connectivity index is 1.55. The summed E-state index contributed by atoms with van der Waals surface area (Å²) in [7, 11) is 2.09. The highest BCUT2D eigenvalue weighted by molar-refractivity contribution is 5.40. The fourth-order valence-electron chi connectivity index (χ4n) is 6.84. The van der Waals surface area contributed by atoms with E-state index in [9.17, 15) is 5.11 Å². The third kappa shape index (κ3) is 2.05. The van der Waals surface area contributed by atoms with Gasteiger partial charge < -0.3 is 19.9 Å². The van der Waals surface area contributed by atoms with Crippen molar-refractivity contribution in [3.63, 3.8) is 0 Å². The number of aryl methyl sites for hydroxylation is 1. The maximum atomic E-state index is 9.85. The van der Waals surface area contributed by atoms with E-state index in [1.165, 1.54) is 24.0 Å². The summed E-state index contributed by atoms with van der Waals surface area (Å²) in [6.45, 7) is 3.88. The Morgan fingerprint density at radius 2 is 2.00 bits per heavy atom. The summed E-state index contributed by atoms with van der Waals surface area (Å²) in [5.74, 6) is 1.87. The number of nitrogens with one attached hydrogen (secondary N) is 1. The number of phenolic OH excluding ortho intramolecular Hbond substituents is 1. The molecule has 1 heterocycles. The lowest BCUT2D eigenvalue weighted by Crippen LogP contribution is -2.52. The highest BCUT2D eigenvalue weighted by Gasteiger charge is 2.68. The standard InChI is InChI=1S/C21H29NO3/c1-20-8-7-16-15-6-4-14(23)11-13(15)3-5-17(16)19(20)18(22-2)12-21(20)24-9-10-25-21/h4,6,11,16-19,22-23H,3,5,7-10,12H2,1-2H3/t16-,17-,18+,19-,20+/m1/s1. The minimum absolute atomic E-state index is 0.0900. The number of benzene rings is 1. The summed E-state index contributed by atoms with van der Waals surface area (Å²) in [5.41, 5.74) is 2.92. The number of hydrogen-bond acceptors (Lipinski definition) is 4. The van der Waals surface area contributed by atoms with Crippen LogP contribution in [-0.2, 0) is 15.9 Å². The highest BCUT2D eigenvalue weighted by atomic mass is 16.7. The van der Waals surface area contributed by atoms with Crippen LogP contribution in [0.15, 0.2) is 18.2 Å². The average molecular weight is 343 g/mol. The van der Waals surface area contributed by atoms with Gasteiger partial charge in [-0.15, -0.1) is 0 Å². The topological polar surface area (TPSA) is 50.7 Å². The van der Waals surface area contributed by atoms with Crippen LogP contribution >= 0.6 is 0 Å². The van der Waals surface area contributed by atoms with Crippen LogP contribution in [-0.4, -0.2) is 37.2 Å². The molecular formula is C21H29NO3. The minimum Gasteiger partial charge on any atom is -0.508 e. The van der Waals surface area contributed by atoms with E-state index in [1.807, 2.05) is 12.1 Å². The van der Waals surface area contributed by atoms with Crippen LogP contribution in [0.4, 0.5) is 0 Å². The van der Waals surface area contributed by atoms with Crippen LogP contribution in [0.1, 0.15) is 49.7 Å². The first-order valence-corrected chi connectivity index (χ1v) is 9.85. The van der Waals surface area contributed by atoms with Gasteiger partial charge in [0, 0.05) is 17.9 Å². The quantitative estimate of drug-likeness (QED) is 0.822. The van der Waals surface area contributed by atoms with Gasteiger partial charge in [0.25, 0.3) is 0 Å². The normalized spacial score (nSPS) is 41.4. The maximum absolute atomic E-state index is 9.85. The molecule has 1 aromatic carbocycles. The van der Waals surface area contributed by atoms with Crippen LogP contribution < -0.4 is 5.32 Å². The molecular weight excluding hydrogens is 314 g/mol. The first-order valence-electron chi connectivity index (χ1n) is 9.85. The van der Waals surface area contributed by atoms with Crippen LogP contribution in [0.3, 0.4) is 0 Å². The maximum Gasteiger partial charge on any atom is 0.175 e. The van der Waals surface area contributed by atoms with Gasteiger partial charge >= 0.3 is 0 Å². The van der Waals surface area contributed by atoms with Crippen LogP contribution in [0.2, 0.25) is 0 Å². The Labute approximate surface area is 149 Å². The lowest BCUT2D eigenvalue weighted by Gasteiger charge is -2.53. The van der Waals surface area contributed by atoms with E-state index in [2.05, 4.69) is 25.4 Å². The van der Waals surface area contributed by atoms with Crippen molar-refractivity contribution in [3.8, 4) is 5.75 Å². The van der Waals surface area contributed by atoms with E-state index in [0.717, 1.165) is 32.5 Å². The Hall–Kier alpha value is -1.10. The predicted octanol–water partition coefficient (Wildman–Crippen LogP) is 3.19. The number of rotatable bonds is 1. The first kappa shape index (κ1) is 16.1. The number of aromatic hydroxyl groups is 1. The largest absolute Gasteiger partial charge is 0.508 e. The molecule has 4 aliphatic rings. The van der Waals surface area contributed by atoms with Gasteiger partial charge in [-0.2, -0.15) is 0 Å². The third-order valence-corrected chi connectivity index (χ3v) is 7.88. The first-order chi connectivity index (χ1) is 12.1. The second kappa shape index (κ2) is 5.45. The van der Waals surface area contributed by atoms with Crippen molar-refractivity contribution < 1.29 is 14.6 Å². The summed E-state index contributed by atoms with van der Waals surface area (Å²) in [5, 5.41) is 13.5. The molecule has 5 rings (SSSR count). The summed E-state index contributed by atoms with van der Waals surface area (Å²) in [6, 6.07) is 6.47. The Bertz CT molecular complexity index is 684. The fourth-order valence-corrected chi connectivity index (χ4v) is 6.84. The molecule has 0 unspecified atom stereocenters. The van der Waals surface area contributed by atoms with E-state index in [1.54, 1.807) is 0 Å². The van der Waals surface area contributed by atoms with Gasteiger partial charge in [-0.25, -0.2) is 0 Å². The molecule has 1 saturated heterocycles. The van der Waals surface area contributed by atoms with Crippen molar-refractivity contribution in [1.29, 1.82) is 0 Å². The molecule has 2 N–H and O–H groups in total. The molecule has 3 aliphatic carbocycles. The van der Waals surface area contributed by atoms with E-state index < -0.39 is 0 Å². The number of hydrogen-bond donors (Lipinski definition) is 2. The highest BCUT2D eigenvalue weighted by Crippen LogP contribution is 2.66. The summed E-state index contributed by atoms with van der Waals surface area (Å²) < 4.78 is 12.6. The van der Waals surface area contributed by atoms with Crippen molar-refractivity contribution >= 4 is 0 Å². The van der Waals surface area contributed by atoms with E-state index in [-0.39, 0.29) is 11.2 Å². The second-order valence-corrected chi connectivity index (χ2v) is 8.72. The zero-order chi connectivity index (χ0) is 17.2. The molecule has 3 fully saturated rings. The van der Waals surface area contributed by atoms with Crippen molar-refractivity contribution in [2.75, 3.05) is 20.3 Å². The van der Waals surface area contributed by atoms with Gasteiger partial charge in [0.05, 0.1) is 13.2 Å². The molecule has 0 radical (unpaired) electrons. The number of fused-ring (bicyclic) bond motifs is 6. The van der Waals surface area contributed by atoms with Gasteiger partial charge in [0.2, 0.25) is 0 Å². The molecule has 4 nitrogen and oxygen atoms in total. The van der Waals surface area contributed by atoms with Crippen molar-refractivity contribution in [2.24, 2.45) is 17.3 Å². The van der Waals surface area contributed by atoms with Crippen LogP contribution in [0, 0.1) is 17.3 Å². The number of phenols is 1. The Morgan fingerprint density at radius 3 is 2.76 bits per heavy atom. The molecule has 0 aromatic heterocycles. The molecule has 5 atom stereocenters. The number of ether oxygens (including phenoxy) is 2. The molecule has 25 heavy (non-hydrogen) atoms. The lowest BCUT2D eigenvalue weighted by molar-refractivity contribution is -0.237. The third-order valence-electron chi connectivity index (χ3n) is 7.88. The van der Waals surface area contributed by atoms with Gasteiger partial charge in [0.15, 0.2) is 5.79 Å². The zero-order valence-corrected chi connectivity index (χ0v) is 15.3. The van der Waals surface area contributed by atoms with Crippen LogP contribution in [0.5, 0.6) is 5.75 Å². The Kier molecular flexibility index (Phi) is 3.51. The summed E-state index contributed by atoms with van der Waals surface area (Å²) in [4.78, 5) is 0. The molecule has 1 aliphatic heterocycles. The van der Waals surface area contributed by atoms with Gasteiger partial charge in [-0.1, -0.05) is 13.0 Å². The van der Waals surface area contributed by atoms with Crippen molar-refractivity contribution in [2.45, 2.75) is 56.8 Å². The summed E-state index contributed by atoms with van der Waals surface area (Å²) >= 11 is 0. The van der Waals surface area contributed by atoms with Gasteiger partial charge in [-0.05, 0) is 73.7 Å². The summed E-state index contributed by atoms with van der Waals surface area (Å²) in [6.07, 6.45) is 5.59.